The van der Waals surface area contributed by atoms with E-state index in [0.29, 0.717) is 12.7 Å². The number of alkyl halides is 4. The van der Waals surface area contributed by atoms with E-state index in [1.54, 1.807) is 4.90 Å². The van der Waals surface area contributed by atoms with E-state index < -0.39 is 17.6 Å². The largest absolute Gasteiger partial charge is 0.417 e. The summed E-state index contributed by atoms with van der Waals surface area (Å²) >= 11 is 5.71. The highest BCUT2D eigenvalue weighted by Crippen LogP contribution is 2.28. The van der Waals surface area contributed by atoms with Crippen molar-refractivity contribution in [2.75, 3.05) is 12.4 Å². The number of hydrogen-bond acceptors (Lipinski definition) is 2. The van der Waals surface area contributed by atoms with Gasteiger partial charge in [-0.05, 0) is 25.0 Å². The molecule has 0 fully saturated rings. The lowest BCUT2D eigenvalue weighted by Gasteiger charge is -2.29. The van der Waals surface area contributed by atoms with Crippen molar-refractivity contribution < 1.29 is 18.0 Å². The van der Waals surface area contributed by atoms with Crippen molar-refractivity contribution in [1.29, 1.82) is 0 Å². The quantitative estimate of drug-likeness (QED) is 0.742. The van der Waals surface area contributed by atoms with E-state index in [-0.39, 0.29) is 17.6 Å². The van der Waals surface area contributed by atoms with Gasteiger partial charge in [0, 0.05) is 24.7 Å². The molecule has 0 saturated carbocycles. The zero-order chi connectivity index (χ0) is 16.0. The van der Waals surface area contributed by atoms with Crippen LogP contribution in [0.2, 0.25) is 0 Å². The van der Waals surface area contributed by atoms with Crippen molar-refractivity contribution in [3.05, 3.63) is 29.6 Å². The van der Waals surface area contributed by atoms with Crippen LogP contribution in [0.1, 0.15) is 42.7 Å². The molecule has 1 rings (SSSR count). The summed E-state index contributed by atoms with van der Waals surface area (Å²) in [6, 6.07) is 1.97. The maximum absolute atomic E-state index is 12.5. The van der Waals surface area contributed by atoms with Crippen molar-refractivity contribution in [1.82, 2.24) is 9.88 Å². The van der Waals surface area contributed by atoms with Crippen molar-refractivity contribution in [3.63, 3.8) is 0 Å². The van der Waals surface area contributed by atoms with Crippen LogP contribution in [0, 0.1) is 0 Å². The molecule has 118 valence electrons. The smallest absolute Gasteiger partial charge is 0.333 e. The van der Waals surface area contributed by atoms with E-state index >= 15 is 0 Å². The minimum atomic E-state index is -4.46. The maximum Gasteiger partial charge on any atom is 0.417 e. The Hall–Kier alpha value is -1.30. The second kappa shape index (κ2) is 7.64. The molecule has 0 atom stereocenters. The van der Waals surface area contributed by atoms with Crippen LogP contribution in [0.5, 0.6) is 0 Å². The first kappa shape index (κ1) is 17.8. The Morgan fingerprint density at radius 1 is 1.33 bits per heavy atom. The first-order valence-electron chi connectivity index (χ1n) is 6.75. The van der Waals surface area contributed by atoms with Crippen LogP contribution >= 0.6 is 11.6 Å². The van der Waals surface area contributed by atoms with Gasteiger partial charge in [-0.2, -0.15) is 13.2 Å². The summed E-state index contributed by atoms with van der Waals surface area (Å²) in [5.74, 6) is -0.124. The molecule has 0 aliphatic rings. The highest BCUT2D eigenvalue weighted by Gasteiger charge is 2.31. The topological polar surface area (TPSA) is 33.2 Å². The van der Waals surface area contributed by atoms with Crippen LogP contribution < -0.4 is 0 Å². The normalized spacial score (nSPS) is 11.8. The van der Waals surface area contributed by atoms with Gasteiger partial charge in [0.15, 0.2) is 0 Å². The fourth-order valence-electron chi connectivity index (χ4n) is 2.11. The second-order valence-corrected chi connectivity index (χ2v) is 4.97. The monoisotopic (exact) mass is 322 g/mol. The Morgan fingerprint density at radius 2 is 1.95 bits per heavy atom. The second-order valence-electron chi connectivity index (χ2n) is 4.59. The number of hydrogen-bond donors (Lipinski definition) is 0. The molecule has 0 spiro atoms. The Morgan fingerprint density at radius 3 is 2.33 bits per heavy atom. The molecule has 1 aromatic heterocycles. The zero-order valence-electron chi connectivity index (χ0n) is 12.0. The van der Waals surface area contributed by atoms with E-state index in [4.69, 9.17) is 11.6 Å². The number of aromatic nitrogens is 1. The fraction of sp³-hybridized carbons (Fsp3) is 0.571. The van der Waals surface area contributed by atoms with Crippen molar-refractivity contribution >= 4 is 17.5 Å². The number of pyridine rings is 1. The van der Waals surface area contributed by atoms with Crippen LogP contribution in [0.4, 0.5) is 13.2 Å². The lowest BCUT2D eigenvalue weighted by atomic mass is 10.1. The molecule has 0 aromatic carbocycles. The summed E-state index contributed by atoms with van der Waals surface area (Å²) < 4.78 is 37.5. The predicted molar refractivity (Wildman–Crippen MR) is 75.4 cm³/mol. The average molecular weight is 323 g/mol. The van der Waals surface area contributed by atoms with Crippen LogP contribution in [-0.2, 0) is 6.18 Å². The molecule has 21 heavy (non-hydrogen) atoms. The third-order valence-electron chi connectivity index (χ3n) is 3.28. The fourth-order valence-corrected chi connectivity index (χ4v) is 2.29. The Bertz CT molecular complexity index is 458. The Balaban J connectivity index is 2.98. The molecule has 0 saturated heterocycles. The van der Waals surface area contributed by atoms with E-state index in [2.05, 4.69) is 4.98 Å². The number of halogens is 4. The molecular formula is C14H18ClF3N2O. The van der Waals surface area contributed by atoms with Crippen LogP contribution in [0.15, 0.2) is 18.3 Å². The molecule has 0 aliphatic heterocycles. The van der Waals surface area contributed by atoms with Gasteiger partial charge in [-0.3, -0.25) is 9.78 Å². The molecule has 0 N–H and O–H groups in total. The van der Waals surface area contributed by atoms with Crippen LogP contribution in [0.25, 0.3) is 0 Å². The lowest BCUT2D eigenvalue weighted by molar-refractivity contribution is -0.137. The van der Waals surface area contributed by atoms with Gasteiger partial charge in [0.2, 0.25) is 0 Å². The van der Waals surface area contributed by atoms with E-state index in [9.17, 15) is 18.0 Å². The van der Waals surface area contributed by atoms with Crippen LogP contribution in [-0.4, -0.2) is 34.3 Å². The summed E-state index contributed by atoms with van der Waals surface area (Å²) in [4.78, 5) is 17.6. The number of carbonyl (C=O) groups excluding carboxylic acids is 1. The summed E-state index contributed by atoms with van der Waals surface area (Å²) in [5, 5.41) is 0. The van der Waals surface area contributed by atoms with Crippen molar-refractivity contribution in [3.8, 4) is 0 Å². The van der Waals surface area contributed by atoms with Gasteiger partial charge in [-0.1, -0.05) is 13.8 Å². The molecule has 0 aliphatic carbocycles. The van der Waals surface area contributed by atoms with Gasteiger partial charge in [-0.15, -0.1) is 11.6 Å². The molecule has 1 aromatic rings. The molecule has 3 nitrogen and oxygen atoms in total. The van der Waals surface area contributed by atoms with Gasteiger partial charge in [0.1, 0.15) is 5.69 Å². The Labute approximate surface area is 127 Å². The molecule has 7 heteroatoms. The summed E-state index contributed by atoms with van der Waals surface area (Å²) in [6.07, 6.45) is -2.28. The van der Waals surface area contributed by atoms with E-state index in [0.717, 1.165) is 25.0 Å². The summed E-state index contributed by atoms with van der Waals surface area (Å²) in [7, 11) is 0. The lowest BCUT2D eigenvalue weighted by Crippen LogP contribution is -2.41. The minimum Gasteiger partial charge on any atom is -0.333 e. The first-order valence-corrected chi connectivity index (χ1v) is 7.28. The predicted octanol–water partition coefficient (Wildman–Crippen LogP) is 3.97. The molecule has 1 amide bonds. The van der Waals surface area contributed by atoms with Gasteiger partial charge in [0.05, 0.1) is 5.56 Å². The van der Waals surface area contributed by atoms with E-state index in [1.165, 1.54) is 0 Å². The third-order valence-corrected chi connectivity index (χ3v) is 3.45. The number of amides is 1. The van der Waals surface area contributed by atoms with Gasteiger partial charge >= 0.3 is 6.18 Å². The van der Waals surface area contributed by atoms with Crippen LogP contribution in [0.3, 0.4) is 0 Å². The van der Waals surface area contributed by atoms with Crippen molar-refractivity contribution in [2.24, 2.45) is 0 Å². The standard InChI is InChI=1S/C14H18ClF3N2O/c1-3-11(4-2)20(8-7-15)13(21)12-6-5-10(9-19-12)14(16,17)18/h5-6,9,11H,3-4,7-8H2,1-2H3. The minimum absolute atomic E-state index is 0.0000154. The highest BCUT2D eigenvalue weighted by molar-refractivity contribution is 6.18. The number of carbonyl (C=O) groups is 1. The first-order chi connectivity index (χ1) is 9.85. The average Bonchev–Trinajstić information content (AvgIpc) is 2.46. The molecule has 0 radical (unpaired) electrons. The third kappa shape index (κ3) is 4.59. The SMILES string of the molecule is CCC(CC)N(CCCl)C(=O)c1ccc(C(F)(F)F)cn1. The summed E-state index contributed by atoms with van der Waals surface area (Å²) in [5.41, 5.74) is -0.870. The summed E-state index contributed by atoms with van der Waals surface area (Å²) in [6.45, 7) is 4.24. The Kier molecular flexibility index (Phi) is 6.45. The zero-order valence-corrected chi connectivity index (χ0v) is 12.7. The molecule has 0 bridgehead atoms. The van der Waals surface area contributed by atoms with Crippen molar-refractivity contribution in [2.45, 2.75) is 38.9 Å². The van der Waals surface area contributed by atoms with Gasteiger partial charge < -0.3 is 4.90 Å². The highest BCUT2D eigenvalue weighted by atomic mass is 35.5. The molecule has 0 unspecified atom stereocenters. The maximum atomic E-state index is 12.5. The van der Waals surface area contributed by atoms with Gasteiger partial charge in [-0.25, -0.2) is 0 Å². The molecule has 1 heterocycles. The number of nitrogens with zero attached hydrogens (tertiary/aromatic N) is 2. The van der Waals surface area contributed by atoms with E-state index in [1.807, 2.05) is 13.8 Å². The molecular weight excluding hydrogens is 305 g/mol. The number of rotatable bonds is 6. The van der Waals surface area contributed by atoms with Gasteiger partial charge in [0.25, 0.3) is 5.91 Å².